The molecule has 2 rings (SSSR count). The number of esters is 1. The molecule has 1 aliphatic rings. The number of hydrogen-bond donors (Lipinski definition) is 0. The van der Waals surface area contributed by atoms with Gasteiger partial charge in [-0.05, 0) is 38.5 Å². The smallest absolute Gasteiger partial charge is 0.346 e. The topological polar surface area (TPSA) is 38.8 Å². The van der Waals surface area contributed by atoms with Gasteiger partial charge in [-0.1, -0.05) is 23.7 Å². The molecule has 0 N–H and O–H groups in total. The Hall–Kier alpha value is -1.06. The van der Waals surface area contributed by atoms with Crippen molar-refractivity contribution in [1.29, 1.82) is 0 Å². The van der Waals surface area contributed by atoms with E-state index in [1.165, 1.54) is 0 Å². The Morgan fingerprint density at radius 1 is 1.47 bits per heavy atom. The molecule has 92 valence electrons. The van der Waals surface area contributed by atoms with Crippen molar-refractivity contribution in [3.63, 3.8) is 0 Å². The van der Waals surface area contributed by atoms with Gasteiger partial charge < -0.3 is 9.47 Å². The molecule has 0 aliphatic carbocycles. The second-order valence-corrected chi connectivity index (χ2v) is 4.96. The highest BCUT2D eigenvalue weighted by Crippen LogP contribution is 2.56. The van der Waals surface area contributed by atoms with Crippen LogP contribution in [0.3, 0.4) is 0 Å². The Morgan fingerprint density at radius 3 is 2.59 bits per heavy atom. The van der Waals surface area contributed by atoms with Crippen LogP contribution in [-0.2, 0) is 19.9 Å². The quantitative estimate of drug-likeness (QED) is 0.615. The van der Waals surface area contributed by atoms with Crippen LogP contribution in [0.4, 0.5) is 0 Å². The molecule has 1 aromatic carbocycles. The summed E-state index contributed by atoms with van der Waals surface area (Å²) in [5.41, 5.74) is -0.814. The highest BCUT2D eigenvalue weighted by Gasteiger charge is 2.71. The Balaban J connectivity index is 2.41. The second-order valence-electron chi connectivity index (χ2n) is 4.52. The van der Waals surface area contributed by atoms with Crippen LogP contribution in [0, 0.1) is 0 Å². The average molecular weight is 255 g/mol. The minimum atomic E-state index is -1.01. The Bertz CT molecular complexity index is 456. The maximum absolute atomic E-state index is 12.1. The molecule has 0 spiro atoms. The number of ether oxygens (including phenoxy) is 2. The average Bonchev–Trinajstić information content (AvgIpc) is 2.84. The zero-order valence-corrected chi connectivity index (χ0v) is 10.9. The van der Waals surface area contributed by atoms with E-state index in [2.05, 4.69) is 0 Å². The number of benzene rings is 1. The van der Waals surface area contributed by atoms with Gasteiger partial charge in [0.15, 0.2) is 0 Å². The van der Waals surface area contributed by atoms with E-state index < -0.39 is 11.2 Å². The van der Waals surface area contributed by atoms with Gasteiger partial charge in [-0.3, -0.25) is 0 Å². The summed E-state index contributed by atoms with van der Waals surface area (Å²) in [5.74, 6) is -0.354. The molecule has 4 heteroatoms. The van der Waals surface area contributed by atoms with Crippen LogP contribution >= 0.6 is 11.6 Å². The molecule has 1 aromatic rings. The number of carbonyl (C=O) groups is 1. The van der Waals surface area contributed by atoms with Gasteiger partial charge in [-0.25, -0.2) is 4.79 Å². The molecule has 1 fully saturated rings. The van der Waals surface area contributed by atoms with Gasteiger partial charge in [0.05, 0.1) is 6.61 Å². The molecule has 1 unspecified atom stereocenters. The summed E-state index contributed by atoms with van der Waals surface area (Å²) in [4.78, 5) is 12.1. The third-order valence-corrected chi connectivity index (χ3v) is 3.24. The van der Waals surface area contributed by atoms with Crippen LogP contribution in [-0.4, -0.2) is 18.2 Å². The largest absolute Gasteiger partial charge is 0.464 e. The first-order chi connectivity index (χ1) is 7.94. The maximum Gasteiger partial charge on any atom is 0.346 e. The van der Waals surface area contributed by atoms with Crippen molar-refractivity contribution in [2.45, 2.75) is 32.0 Å². The molecule has 0 amide bonds. The molecule has 1 saturated heterocycles. The molecule has 3 nitrogen and oxygen atoms in total. The lowest BCUT2D eigenvalue weighted by molar-refractivity contribution is -0.150. The van der Waals surface area contributed by atoms with E-state index in [1.54, 1.807) is 25.1 Å². The summed E-state index contributed by atoms with van der Waals surface area (Å²) >= 11 is 5.95. The van der Waals surface area contributed by atoms with Crippen LogP contribution in [0.25, 0.3) is 0 Å². The van der Waals surface area contributed by atoms with Crippen LogP contribution < -0.4 is 0 Å². The predicted octanol–water partition coefficient (Wildman–Crippen LogP) is 2.91. The normalized spacial score (nSPS) is 25.4. The SMILES string of the molecule is CCOC(=O)C1(c2cccc(Cl)c2)OC1(C)C. The first-order valence-corrected chi connectivity index (χ1v) is 5.95. The van der Waals surface area contributed by atoms with Crippen molar-refractivity contribution in [3.05, 3.63) is 34.9 Å². The molecule has 1 heterocycles. The molecule has 0 radical (unpaired) electrons. The van der Waals surface area contributed by atoms with E-state index in [9.17, 15) is 4.79 Å². The molecular weight excluding hydrogens is 240 g/mol. The minimum Gasteiger partial charge on any atom is -0.464 e. The lowest BCUT2D eigenvalue weighted by Gasteiger charge is -2.14. The van der Waals surface area contributed by atoms with Crippen LogP contribution in [0.1, 0.15) is 26.3 Å². The number of rotatable bonds is 3. The number of epoxide rings is 1. The lowest BCUT2D eigenvalue weighted by Crippen LogP contribution is -2.30. The van der Waals surface area contributed by atoms with Gasteiger partial charge in [0.2, 0.25) is 5.60 Å². The number of carbonyl (C=O) groups excluding carboxylic acids is 1. The first-order valence-electron chi connectivity index (χ1n) is 5.57. The molecular formula is C13H15ClO3. The predicted molar refractivity (Wildman–Crippen MR) is 64.9 cm³/mol. The fourth-order valence-electron chi connectivity index (χ4n) is 2.11. The molecule has 0 bridgehead atoms. The fourth-order valence-corrected chi connectivity index (χ4v) is 2.30. The zero-order chi connectivity index (χ0) is 12.7. The second kappa shape index (κ2) is 4.00. The van der Waals surface area contributed by atoms with E-state index in [4.69, 9.17) is 21.1 Å². The Kier molecular flexibility index (Phi) is 2.92. The highest BCUT2D eigenvalue weighted by atomic mass is 35.5. The van der Waals surface area contributed by atoms with Crippen LogP contribution in [0.2, 0.25) is 5.02 Å². The highest BCUT2D eigenvalue weighted by molar-refractivity contribution is 6.30. The van der Waals surface area contributed by atoms with Gasteiger partial charge in [0, 0.05) is 5.02 Å². The molecule has 17 heavy (non-hydrogen) atoms. The number of halogens is 1. The van der Waals surface area contributed by atoms with Crippen molar-refractivity contribution in [3.8, 4) is 0 Å². The Labute approximate surface area is 106 Å². The van der Waals surface area contributed by atoms with E-state index in [0.717, 1.165) is 5.56 Å². The minimum absolute atomic E-state index is 0.334. The van der Waals surface area contributed by atoms with Gasteiger partial charge >= 0.3 is 5.97 Å². The first kappa shape index (κ1) is 12.4. The summed E-state index contributed by atoms with van der Waals surface area (Å²) < 4.78 is 10.7. The summed E-state index contributed by atoms with van der Waals surface area (Å²) in [6.45, 7) is 5.84. The van der Waals surface area contributed by atoms with Crippen molar-refractivity contribution in [2.24, 2.45) is 0 Å². The third-order valence-electron chi connectivity index (χ3n) is 3.01. The molecule has 1 atom stereocenters. The number of hydrogen-bond acceptors (Lipinski definition) is 3. The Morgan fingerprint density at radius 2 is 2.12 bits per heavy atom. The zero-order valence-electron chi connectivity index (χ0n) is 10.1. The van der Waals surface area contributed by atoms with Crippen molar-refractivity contribution < 1.29 is 14.3 Å². The summed E-state index contributed by atoms with van der Waals surface area (Å²) in [5, 5.41) is 0.581. The monoisotopic (exact) mass is 254 g/mol. The van der Waals surface area contributed by atoms with Gasteiger partial charge in [0.25, 0.3) is 0 Å². The van der Waals surface area contributed by atoms with Crippen LogP contribution in [0.15, 0.2) is 24.3 Å². The van der Waals surface area contributed by atoms with E-state index in [1.807, 2.05) is 19.9 Å². The molecule has 0 aromatic heterocycles. The van der Waals surface area contributed by atoms with Crippen molar-refractivity contribution in [2.75, 3.05) is 6.61 Å². The van der Waals surface area contributed by atoms with Crippen molar-refractivity contribution >= 4 is 17.6 Å². The molecule has 1 aliphatic heterocycles. The summed E-state index contributed by atoms with van der Waals surface area (Å²) in [7, 11) is 0. The summed E-state index contributed by atoms with van der Waals surface area (Å²) in [6.07, 6.45) is 0. The van der Waals surface area contributed by atoms with E-state index >= 15 is 0 Å². The third kappa shape index (κ3) is 1.83. The van der Waals surface area contributed by atoms with E-state index in [0.29, 0.717) is 11.6 Å². The van der Waals surface area contributed by atoms with Gasteiger partial charge in [-0.2, -0.15) is 0 Å². The lowest BCUT2D eigenvalue weighted by atomic mass is 9.88. The van der Waals surface area contributed by atoms with Crippen molar-refractivity contribution in [1.82, 2.24) is 0 Å². The standard InChI is InChI=1S/C13H15ClO3/c1-4-16-11(15)13(12(2,3)17-13)9-6-5-7-10(14)8-9/h5-8H,4H2,1-3H3. The van der Waals surface area contributed by atoms with Gasteiger partial charge in [0.1, 0.15) is 5.60 Å². The van der Waals surface area contributed by atoms with Gasteiger partial charge in [-0.15, -0.1) is 0 Å². The summed E-state index contributed by atoms with van der Waals surface area (Å²) in [6, 6.07) is 7.14. The fraction of sp³-hybridized carbons (Fsp3) is 0.462. The van der Waals surface area contributed by atoms with Crippen LogP contribution in [0.5, 0.6) is 0 Å². The van der Waals surface area contributed by atoms with E-state index in [-0.39, 0.29) is 5.97 Å². The molecule has 0 saturated carbocycles. The maximum atomic E-state index is 12.1.